The van der Waals surface area contributed by atoms with Gasteiger partial charge in [0.1, 0.15) is 11.6 Å². The number of pyridine rings is 1. The Morgan fingerprint density at radius 3 is 2.94 bits per heavy atom. The molecule has 2 aromatic heterocycles. The van der Waals surface area contributed by atoms with E-state index in [0.717, 1.165) is 10.0 Å². The lowest BCUT2D eigenvalue weighted by molar-refractivity contribution is 1.10. The Morgan fingerprint density at radius 2 is 2.31 bits per heavy atom. The lowest BCUT2D eigenvalue weighted by Crippen LogP contribution is -2.03. The maximum absolute atomic E-state index is 5.79. The molecule has 0 atom stereocenters. The molecule has 0 bridgehead atoms. The zero-order valence-electron chi connectivity index (χ0n) is 8.17. The number of rotatable bonds is 3. The van der Waals surface area contributed by atoms with Gasteiger partial charge in [0.25, 0.3) is 0 Å². The van der Waals surface area contributed by atoms with Gasteiger partial charge in [-0.25, -0.2) is 4.98 Å². The Kier molecular flexibility index (Phi) is 3.31. The first-order valence-corrected chi connectivity index (χ1v) is 5.66. The normalized spacial score (nSPS) is 10.4. The topological polar surface area (TPSA) is 79.6 Å². The van der Waals surface area contributed by atoms with Crippen molar-refractivity contribution >= 4 is 39.2 Å². The minimum absolute atomic E-state index is 0.551. The Hall–Kier alpha value is -1.27. The van der Waals surface area contributed by atoms with Crippen molar-refractivity contribution in [1.82, 2.24) is 15.2 Å². The Morgan fingerprint density at radius 1 is 1.50 bits per heavy atom. The Bertz CT molecular complexity index is 498. The van der Waals surface area contributed by atoms with Crippen LogP contribution in [0.2, 0.25) is 5.02 Å². The molecule has 7 heteroatoms. The maximum Gasteiger partial charge on any atom is 0.140 e. The minimum atomic E-state index is 0.551. The van der Waals surface area contributed by atoms with Crippen molar-refractivity contribution in [2.45, 2.75) is 6.54 Å². The number of nitrogens with one attached hydrogen (secondary N) is 2. The van der Waals surface area contributed by atoms with Crippen molar-refractivity contribution in [2.75, 3.05) is 11.1 Å². The molecule has 0 aliphatic carbocycles. The number of halogens is 2. The van der Waals surface area contributed by atoms with E-state index in [1.165, 1.54) is 0 Å². The summed E-state index contributed by atoms with van der Waals surface area (Å²) in [5.74, 6) is 1.27. The first-order valence-electron chi connectivity index (χ1n) is 4.49. The molecule has 0 saturated carbocycles. The summed E-state index contributed by atoms with van der Waals surface area (Å²) in [5, 5.41) is 10.2. The van der Waals surface area contributed by atoms with Gasteiger partial charge in [0.15, 0.2) is 0 Å². The lowest BCUT2D eigenvalue weighted by Gasteiger charge is -2.06. The summed E-state index contributed by atoms with van der Waals surface area (Å²) in [6.07, 6.45) is 3.25. The van der Waals surface area contributed by atoms with Crippen molar-refractivity contribution in [3.05, 3.63) is 33.5 Å². The fraction of sp³-hybridized carbons (Fsp3) is 0.111. The summed E-state index contributed by atoms with van der Waals surface area (Å²) in [5.41, 5.74) is 6.55. The van der Waals surface area contributed by atoms with Crippen LogP contribution in [0.3, 0.4) is 0 Å². The third kappa shape index (κ3) is 2.45. The van der Waals surface area contributed by atoms with Gasteiger partial charge in [0.2, 0.25) is 0 Å². The monoisotopic (exact) mass is 301 g/mol. The number of hydrogen-bond donors (Lipinski definition) is 3. The van der Waals surface area contributed by atoms with Crippen molar-refractivity contribution in [1.29, 1.82) is 0 Å². The van der Waals surface area contributed by atoms with E-state index in [2.05, 4.69) is 36.4 Å². The summed E-state index contributed by atoms with van der Waals surface area (Å²) < 4.78 is 0.807. The molecule has 2 aromatic rings. The predicted octanol–water partition coefficient (Wildman–Crippen LogP) is 2.41. The molecule has 4 N–H and O–H groups in total. The molecule has 0 aliphatic heterocycles. The SMILES string of the molecule is Nc1[nH]ncc1CNc1ncc(Cl)cc1Br. The van der Waals surface area contributed by atoms with Crippen LogP contribution < -0.4 is 11.1 Å². The van der Waals surface area contributed by atoms with Crippen molar-refractivity contribution in [3.63, 3.8) is 0 Å². The van der Waals surface area contributed by atoms with Crippen LogP contribution in [0, 0.1) is 0 Å². The van der Waals surface area contributed by atoms with Crippen LogP contribution in [0.25, 0.3) is 0 Å². The van der Waals surface area contributed by atoms with Crippen LogP contribution in [0.1, 0.15) is 5.56 Å². The zero-order valence-corrected chi connectivity index (χ0v) is 10.5. The second-order valence-corrected chi connectivity index (χ2v) is 4.44. The molecule has 0 aliphatic rings. The number of aromatic nitrogens is 3. The third-order valence-corrected chi connectivity index (χ3v) is 2.82. The van der Waals surface area contributed by atoms with Gasteiger partial charge < -0.3 is 11.1 Å². The number of nitrogens with zero attached hydrogens (tertiary/aromatic N) is 2. The molecule has 0 radical (unpaired) electrons. The summed E-state index contributed by atoms with van der Waals surface area (Å²) in [4.78, 5) is 4.15. The molecule has 16 heavy (non-hydrogen) atoms. The molecule has 0 aromatic carbocycles. The van der Waals surface area contributed by atoms with E-state index >= 15 is 0 Å². The highest BCUT2D eigenvalue weighted by Crippen LogP contribution is 2.23. The van der Waals surface area contributed by atoms with E-state index in [1.807, 2.05) is 0 Å². The minimum Gasteiger partial charge on any atom is -0.384 e. The first kappa shape index (κ1) is 11.2. The quantitative estimate of drug-likeness (QED) is 0.813. The predicted molar refractivity (Wildman–Crippen MR) is 67.3 cm³/mol. The number of anilines is 2. The van der Waals surface area contributed by atoms with E-state index in [-0.39, 0.29) is 0 Å². The summed E-state index contributed by atoms with van der Waals surface area (Å²) in [6.45, 7) is 0.551. The van der Waals surface area contributed by atoms with Crippen molar-refractivity contribution < 1.29 is 0 Å². The van der Waals surface area contributed by atoms with Gasteiger partial charge >= 0.3 is 0 Å². The zero-order chi connectivity index (χ0) is 11.5. The highest BCUT2D eigenvalue weighted by molar-refractivity contribution is 9.10. The molecular weight excluding hydrogens is 293 g/mol. The van der Waals surface area contributed by atoms with Crippen LogP contribution in [-0.2, 0) is 6.54 Å². The third-order valence-electron chi connectivity index (χ3n) is 2.01. The van der Waals surface area contributed by atoms with E-state index < -0.39 is 0 Å². The lowest BCUT2D eigenvalue weighted by atomic mass is 10.3. The van der Waals surface area contributed by atoms with Crippen LogP contribution in [0.15, 0.2) is 22.9 Å². The van der Waals surface area contributed by atoms with E-state index in [0.29, 0.717) is 23.2 Å². The Balaban J connectivity index is 2.08. The van der Waals surface area contributed by atoms with Crippen molar-refractivity contribution in [2.24, 2.45) is 0 Å². The molecule has 84 valence electrons. The van der Waals surface area contributed by atoms with E-state index in [4.69, 9.17) is 17.3 Å². The Labute approximate surface area is 106 Å². The number of H-pyrrole nitrogens is 1. The highest BCUT2D eigenvalue weighted by Gasteiger charge is 2.04. The number of hydrogen-bond acceptors (Lipinski definition) is 4. The van der Waals surface area contributed by atoms with Gasteiger partial charge in [-0.05, 0) is 22.0 Å². The molecule has 0 spiro atoms. The average Bonchev–Trinajstić information content (AvgIpc) is 2.63. The smallest absolute Gasteiger partial charge is 0.140 e. The van der Waals surface area contributed by atoms with Crippen LogP contribution in [0.4, 0.5) is 11.6 Å². The average molecular weight is 303 g/mol. The summed E-state index contributed by atoms with van der Waals surface area (Å²) >= 11 is 9.15. The molecule has 2 rings (SSSR count). The standard InChI is InChI=1S/C9H9BrClN5/c10-7-1-6(11)4-14-9(7)13-2-5-3-15-16-8(5)12/h1,3-4H,2H2,(H,13,14)(H3,12,15,16). The van der Waals surface area contributed by atoms with Crippen LogP contribution >= 0.6 is 27.5 Å². The van der Waals surface area contributed by atoms with E-state index in [1.54, 1.807) is 18.5 Å². The molecule has 0 amide bonds. The molecule has 0 unspecified atom stereocenters. The van der Waals surface area contributed by atoms with Gasteiger partial charge in [0, 0.05) is 18.3 Å². The van der Waals surface area contributed by atoms with Crippen molar-refractivity contribution in [3.8, 4) is 0 Å². The van der Waals surface area contributed by atoms with Gasteiger partial charge in [-0.2, -0.15) is 5.10 Å². The summed E-state index contributed by atoms with van der Waals surface area (Å²) in [7, 11) is 0. The second-order valence-electron chi connectivity index (χ2n) is 3.15. The second kappa shape index (κ2) is 4.71. The highest BCUT2D eigenvalue weighted by atomic mass is 79.9. The molecule has 2 heterocycles. The number of nitrogens with two attached hydrogens (primary N) is 1. The van der Waals surface area contributed by atoms with Gasteiger partial charge in [-0.3, -0.25) is 5.10 Å². The molecule has 5 nitrogen and oxygen atoms in total. The fourth-order valence-electron chi connectivity index (χ4n) is 1.19. The maximum atomic E-state index is 5.79. The molecule has 0 saturated heterocycles. The largest absolute Gasteiger partial charge is 0.384 e. The van der Waals surface area contributed by atoms with Gasteiger partial charge in [-0.15, -0.1) is 0 Å². The number of nitrogen functional groups attached to an aromatic ring is 1. The van der Waals surface area contributed by atoms with E-state index in [9.17, 15) is 0 Å². The number of aromatic amines is 1. The molecular formula is C9H9BrClN5. The van der Waals surface area contributed by atoms with Crippen LogP contribution in [-0.4, -0.2) is 15.2 Å². The van der Waals surface area contributed by atoms with Gasteiger partial charge in [-0.1, -0.05) is 11.6 Å². The molecule has 0 fully saturated rings. The summed E-state index contributed by atoms with van der Waals surface area (Å²) in [6, 6.07) is 1.77. The van der Waals surface area contributed by atoms with Crippen LogP contribution in [0.5, 0.6) is 0 Å². The van der Waals surface area contributed by atoms with Gasteiger partial charge in [0.05, 0.1) is 15.7 Å². The first-order chi connectivity index (χ1) is 7.66. The fourth-order valence-corrected chi connectivity index (χ4v) is 1.96.